The van der Waals surface area contributed by atoms with Gasteiger partial charge in [0.05, 0.1) is 18.7 Å². The van der Waals surface area contributed by atoms with E-state index in [1.165, 1.54) is 5.56 Å². The molecule has 0 atom stereocenters. The average Bonchev–Trinajstić information content (AvgIpc) is 2.52. The lowest BCUT2D eigenvalue weighted by Gasteiger charge is -2.26. The number of fused-ring (bicyclic) bond motifs is 1. The van der Waals surface area contributed by atoms with E-state index in [4.69, 9.17) is 4.74 Å². The summed E-state index contributed by atoms with van der Waals surface area (Å²) < 4.78 is 5.34. The number of ether oxygens (including phenoxy) is 1. The third-order valence-electron chi connectivity index (χ3n) is 3.65. The molecule has 1 aliphatic rings. The highest BCUT2D eigenvalue weighted by Gasteiger charge is 2.09. The van der Waals surface area contributed by atoms with E-state index in [-0.39, 0.29) is 0 Å². The molecule has 1 fully saturated rings. The summed E-state index contributed by atoms with van der Waals surface area (Å²) in [6.45, 7) is 7.76. The van der Waals surface area contributed by atoms with Crippen LogP contribution in [0.5, 0.6) is 0 Å². The molecular formula is C15H21N5O. The molecule has 0 aliphatic carbocycles. The number of nitrogens with one attached hydrogen (secondary N) is 1. The summed E-state index contributed by atoms with van der Waals surface area (Å²) in [5.41, 5.74) is 2.90. The molecule has 0 bridgehead atoms. The van der Waals surface area contributed by atoms with Crippen LogP contribution in [0, 0.1) is 6.92 Å². The lowest BCUT2D eigenvalue weighted by Crippen LogP contribution is -2.37. The van der Waals surface area contributed by atoms with Gasteiger partial charge in [-0.25, -0.2) is 4.98 Å². The first-order chi connectivity index (χ1) is 10.3. The quantitative estimate of drug-likeness (QED) is 0.840. The molecule has 0 saturated carbocycles. The highest BCUT2D eigenvalue weighted by atomic mass is 16.5. The summed E-state index contributed by atoms with van der Waals surface area (Å²) >= 11 is 0. The monoisotopic (exact) mass is 287 g/mol. The minimum Gasteiger partial charge on any atom is -0.379 e. The van der Waals surface area contributed by atoms with E-state index in [2.05, 4.69) is 32.3 Å². The molecule has 6 nitrogen and oxygen atoms in total. The van der Waals surface area contributed by atoms with Crippen LogP contribution in [0.3, 0.4) is 0 Å². The van der Waals surface area contributed by atoms with Crippen LogP contribution in [0.2, 0.25) is 0 Å². The van der Waals surface area contributed by atoms with Gasteiger partial charge >= 0.3 is 0 Å². The second kappa shape index (κ2) is 6.78. The van der Waals surface area contributed by atoms with Gasteiger partial charge in [0.15, 0.2) is 0 Å². The molecular weight excluding hydrogens is 266 g/mol. The lowest BCUT2D eigenvalue weighted by atomic mass is 10.2. The molecule has 0 radical (unpaired) electrons. The summed E-state index contributed by atoms with van der Waals surface area (Å²) in [5, 5.41) is 11.6. The summed E-state index contributed by atoms with van der Waals surface area (Å²) in [7, 11) is 0. The number of morpholine rings is 1. The molecule has 6 heteroatoms. The predicted molar refractivity (Wildman–Crippen MR) is 82.4 cm³/mol. The van der Waals surface area contributed by atoms with E-state index in [9.17, 15) is 0 Å². The van der Waals surface area contributed by atoms with Gasteiger partial charge in [-0.3, -0.25) is 4.90 Å². The minimum atomic E-state index is 0.607. The van der Waals surface area contributed by atoms with Crippen molar-refractivity contribution in [3.8, 4) is 0 Å². The smallest absolute Gasteiger partial charge is 0.243 e. The van der Waals surface area contributed by atoms with Gasteiger partial charge in [0.1, 0.15) is 5.52 Å². The van der Waals surface area contributed by atoms with Gasteiger partial charge in [-0.1, -0.05) is 6.07 Å². The molecule has 1 N–H and O–H groups in total. The van der Waals surface area contributed by atoms with Gasteiger partial charge in [-0.15, -0.1) is 10.2 Å². The fourth-order valence-electron chi connectivity index (χ4n) is 2.45. The van der Waals surface area contributed by atoms with Crippen LogP contribution in [0.4, 0.5) is 5.95 Å². The molecule has 1 aromatic heterocycles. The molecule has 1 aliphatic heterocycles. The van der Waals surface area contributed by atoms with Crippen molar-refractivity contribution in [3.63, 3.8) is 0 Å². The topological polar surface area (TPSA) is 63.2 Å². The Bertz CT molecular complexity index is 598. The number of aryl methyl sites for hydroxylation is 1. The van der Waals surface area contributed by atoms with Crippen LogP contribution in [0.25, 0.3) is 11.0 Å². The normalized spacial score (nSPS) is 16.2. The fourth-order valence-corrected chi connectivity index (χ4v) is 2.45. The standard InChI is InChI=1S/C15H21N5O/c1-12-3-4-13-14(11-12)17-15(19-18-13)16-5-2-6-20-7-9-21-10-8-20/h3-4,11H,2,5-10H2,1H3,(H,16,17,19). The summed E-state index contributed by atoms with van der Waals surface area (Å²) in [5.74, 6) is 0.607. The van der Waals surface area contributed by atoms with Gasteiger partial charge < -0.3 is 10.1 Å². The zero-order valence-corrected chi connectivity index (χ0v) is 12.4. The van der Waals surface area contributed by atoms with E-state index in [1.54, 1.807) is 0 Å². The van der Waals surface area contributed by atoms with E-state index in [0.29, 0.717) is 5.95 Å². The fraction of sp³-hybridized carbons (Fsp3) is 0.533. The van der Waals surface area contributed by atoms with Crippen molar-refractivity contribution >= 4 is 17.0 Å². The molecule has 21 heavy (non-hydrogen) atoms. The number of aromatic nitrogens is 3. The Balaban J connectivity index is 1.50. The second-order valence-electron chi connectivity index (χ2n) is 5.36. The number of anilines is 1. The Labute approximate surface area is 124 Å². The van der Waals surface area contributed by atoms with Crippen LogP contribution in [0.1, 0.15) is 12.0 Å². The molecule has 0 amide bonds. The lowest BCUT2D eigenvalue weighted by molar-refractivity contribution is 0.0378. The SMILES string of the molecule is Cc1ccc2nnc(NCCCN3CCOCC3)nc2c1. The molecule has 0 unspecified atom stereocenters. The molecule has 2 aromatic rings. The first-order valence-corrected chi connectivity index (χ1v) is 7.46. The van der Waals surface area contributed by atoms with Crippen LogP contribution in [-0.4, -0.2) is 59.5 Å². The maximum absolute atomic E-state index is 5.34. The van der Waals surface area contributed by atoms with Crippen molar-refractivity contribution in [2.75, 3.05) is 44.7 Å². The predicted octanol–water partition coefficient (Wildman–Crippen LogP) is 1.47. The largest absolute Gasteiger partial charge is 0.379 e. The highest BCUT2D eigenvalue weighted by molar-refractivity contribution is 5.75. The number of hydrogen-bond acceptors (Lipinski definition) is 6. The third-order valence-corrected chi connectivity index (χ3v) is 3.65. The first-order valence-electron chi connectivity index (χ1n) is 7.46. The number of nitrogens with zero attached hydrogens (tertiary/aromatic N) is 4. The van der Waals surface area contributed by atoms with E-state index < -0.39 is 0 Å². The van der Waals surface area contributed by atoms with Crippen molar-refractivity contribution in [2.24, 2.45) is 0 Å². The van der Waals surface area contributed by atoms with E-state index in [1.807, 2.05) is 18.2 Å². The van der Waals surface area contributed by atoms with Gasteiger partial charge in [-0.05, 0) is 37.6 Å². The molecule has 1 saturated heterocycles. The second-order valence-corrected chi connectivity index (χ2v) is 5.36. The van der Waals surface area contributed by atoms with Crippen molar-refractivity contribution in [3.05, 3.63) is 23.8 Å². The molecule has 112 valence electrons. The minimum absolute atomic E-state index is 0.607. The molecule has 1 aromatic carbocycles. The van der Waals surface area contributed by atoms with E-state index >= 15 is 0 Å². The van der Waals surface area contributed by atoms with E-state index in [0.717, 1.165) is 56.8 Å². The zero-order chi connectivity index (χ0) is 14.5. The van der Waals surface area contributed by atoms with Gasteiger partial charge in [0, 0.05) is 19.6 Å². The van der Waals surface area contributed by atoms with Gasteiger partial charge in [0.2, 0.25) is 5.95 Å². The molecule has 3 rings (SSSR count). The Morgan fingerprint density at radius 1 is 1.19 bits per heavy atom. The average molecular weight is 287 g/mol. The number of rotatable bonds is 5. The summed E-state index contributed by atoms with van der Waals surface area (Å²) in [4.78, 5) is 6.93. The van der Waals surface area contributed by atoms with Crippen LogP contribution >= 0.6 is 0 Å². The van der Waals surface area contributed by atoms with Crippen molar-refractivity contribution < 1.29 is 4.74 Å². The first kappa shape index (κ1) is 14.2. The van der Waals surface area contributed by atoms with Gasteiger partial charge in [0.25, 0.3) is 0 Å². The van der Waals surface area contributed by atoms with Crippen LogP contribution < -0.4 is 5.32 Å². The number of hydrogen-bond donors (Lipinski definition) is 1. The summed E-state index contributed by atoms with van der Waals surface area (Å²) in [6, 6.07) is 6.00. The van der Waals surface area contributed by atoms with Crippen LogP contribution in [-0.2, 0) is 4.74 Å². The Hall–Kier alpha value is -1.79. The van der Waals surface area contributed by atoms with Crippen molar-refractivity contribution in [2.45, 2.75) is 13.3 Å². The Kier molecular flexibility index (Phi) is 4.57. The van der Waals surface area contributed by atoms with Crippen molar-refractivity contribution in [1.82, 2.24) is 20.1 Å². The van der Waals surface area contributed by atoms with Gasteiger partial charge in [-0.2, -0.15) is 0 Å². The van der Waals surface area contributed by atoms with Crippen LogP contribution in [0.15, 0.2) is 18.2 Å². The Morgan fingerprint density at radius 2 is 2.05 bits per heavy atom. The third kappa shape index (κ3) is 3.86. The maximum Gasteiger partial charge on any atom is 0.243 e. The van der Waals surface area contributed by atoms with Crippen molar-refractivity contribution in [1.29, 1.82) is 0 Å². The zero-order valence-electron chi connectivity index (χ0n) is 12.4. The molecule has 0 spiro atoms. The maximum atomic E-state index is 5.34. The summed E-state index contributed by atoms with van der Waals surface area (Å²) in [6.07, 6.45) is 1.06. The number of benzene rings is 1. The molecule has 2 heterocycles. The Morgan fingerprint density at radius 3 is 2.90 bits per heavy atom. The highest BCUT2D eigenvalue weighted by Crippen LogP contribution is 2.11.